The second-order valence-corrected chi connectivity index (χ2v) is 1.33. The molecule has 0 fully saturated rings. The van der Waals surface area contributed by atoms with Crippen molar-refractivity contribution in [3.8, 4) is 0 Å². The number of ether oxygens (including phenoxy) is 2. The van der Waals surface area contributed by atoms with Gasteiger partial charge in [0.2, 0.25) is 0 Å². The standard InChI is InChI=1S/C5H8O4.CH3.Na/c1-8-4(6)3-5(7)9-2;;/h3H2,1-2H3;1H3;/q;-1;+1. The number of methoxy groups -OCH3 is 2. The van der Waals surface area contributed by atoms with E-state index in [0.29, 0.717) is 0 Å². The van der Waals surface area contributed by atoms with Crippen molar-refractivity contribution in [2.75, 3.05) is 14.2 Å². The third kappa shape index (κ3) is 9.94. The van der Waals surface area contributed by atoms with Crippen LogP contribution in [0.25, 0.3) is 0 Å². The Hall–Kier alpha value is -0.0600. The Kier molecular flexibility index (Phi) is 15.5. The van der Waals surface area contributed by atoms with Crippen molar-refractivity contribution in [2.45, 2.75) is 6.42 Å². The molecular weight excluding hydrogens is 159 g/mol. The average molecular weight is 170 g/mol. The number of rotatable bonds is 2. The summed E-state index contributed by atoms with van der Waals surface area (Å²) in [5.74, 6) is -1.16. The maximum Gasteiger partial charge on any atom is 1.00 e. The van der Waals surface area contributed by atoms with Gasteiger partial charge in [-0.1, -0.05) is 0 Å². The molecule has 0 aliphatic carbocycles. The molecule has 0 amide bonds. The zero-order chi connectivity index (χ0) is 7.28. The fraction of sp³-hybridized carbons (Fsp3) is 0.500. The molecule has 0 spiro atoms. The Morgan fingerprint density at radius 3 is 1.55 bits per heavy atom. The monoisotopic (exact) mass is 170 g/mol. The van der Waals surface area contributed by atoms with Crippen LogP contribution in [0.4, 0.5) is 0 Å². The van der Waals surface area contributed by atoms with Crippen LogP contribution < -0.4 is 29.6 Å². The zero-order valence-corrected chi connectivity index (χ0v) is 9.34. The van der Waals surface area contributed by atoms with Crippen LogP contribution in [-0.2, 0) is 19.1 Å². The summed E-state index contributed by atoms with van der Waals surface area (Å²) in [7, 11) is 2.43. The molecule has 5 heteroatoms. The van der Waals surface area contributed by atoms with Crippen molar-refractivity contribution in [2.24, 2.45) is 0 Å². The van der Waals surface area contributed by atoms with Crippen LogP contribution in [0.3, 0.4) is 0 Å². The minimum absolute atomic E-state index is 0. The molecule has 0 aromatic heterocycles. The SMILES string of the molecule is COC(=O)CC(=O)OC.[CH3-].[Na+]. The van der Waals surface area contributed by atoms with Gasteiger partial charge in [-0.3, -0.25) is 9.59 Å². The van der Waals surface area contributed by atoms with Gasteiger partial charge < -0.3 is 16.9 Å². The number of hydrogen-bond acceptors (Lipinski definition) is 4. The fourth-order valence-electron chi connectivity index (χ4n) is 0.262. The fourth-order valence-corrected chi connectivity index (χ4v) is 0.262. The van der Waals surface area contributed by atoms with Crippen LogP contribution in [-0.4, -0.2) is 26.2 Å². The summed E-state index contributed by atoms with van der Waals surface area (Å²) in [4.78, 5) is 20.5. The van der Waals surface area contributed by atoms with Crippen LogP contribution in [0.2, 0.25) is 0 Å². The minimum atomic E-state index is -0.582. The molecule has 0 aliphatic rings. The van der Waals surface area contributed by atoms with E-state index in [2.05, 4.69) is 9.47 Å². The molecule has 0 saturated carbocycles. The molecule has 0 heterocycles. The summed E-state index contributed by atoms with van der Waals surface area (Å²) in [5, 5.41) is 0. The van der Waals surface area contributed by atoms with E-state index in [-0.39, 0.29) is 43.4 Å². The molecule has 0 rings (SSSR count). The first-order chi connectivity index (χ1) is 4.20. The molecular formula is C6H11NaO4. The van der Waals surface area contributed by atoms with Gasteiger partial charge in [0.1, 0.15) is 6.42 Å². The van der Waals surface area contributed by atoms with Crippen LogP contribution in [0.5, 0.6) is 0 Å². The molecule has 0 atom stereocenters. The Morgan fingerprint density at radius 1 is 1.09 bits per heavy atom. The van der Waals surface area contributed by atoms with E-state index in [9.17, 15) is 9.59 Å². The van der Waals surface area contributed by atoms with E-state index in [0.717, 1.165) is 0 Å². The summed E-state index contributed by atoms with van der Waals surface area (Å²) in [6, 6.07) is 0. The molecule has 0 radical (unpaired) electrons. The molecule has 4 nitrogen and oxygen atoms in total. The topological polar surface area (TPSA) is 52.6 Å². The molecule has 0 saturated heterocycles. The number of hydrogen-bond donors (Lipinski definition) is 0. The van der Waals surface area contributed by atoms with Crippen LogP contribution in [0.15, 0.2) is 0 Å². The van der Waals surface area contributed by atoms with Crippen molar-refractivity contribution in [3.05, 3.63) is 7.43 Å². The van der Waals surface area contributed by atoms with E-state index in [1.807, 2.05) is 0 Å². The van der Waals surface area contributed by atoms with Gasteiger partial charge in [0, 0.05) is 0 Å². The predicted octanol–water partition coefficient (Wildman–Crippen LogP) is -2.82. The molecule has 0 N–H and O–H groups in total. The maximum atomic E-state index is 10.3. The summed E-state index contributed by atoms with van der Waals surface area (Å²) < 4.78 is 8.37. The number of esters is 2. The first kappa shape index (κ1) is 17.1. The Balaban J connectivity index is -0.000000320. The molecule has 11 heavy (non-hydrogen) atoms. The first-order valence-electron chi connectivity index (χ1n) is 2.34. The third-order valence-electron chi connectivity index (χ3n) is 0.744. The second-order valence-electron chi connectivity index (χ2n) is 1.33. The molecule has 0 bridgehead atoms. The largest absolute Gasteiger partial charge is 1.00 e. The molecule has 0 unspecified atom stereocenters. The van der Waals surface area contributed by atoms with Gasteiger partial charge in [0.15, 0.2) is 0 Å². The second kappa shape index (κ2) is 9.94. The minimum Gasteiger partial charge on any atom is -0.469 e. The summed E-state index contributed by atoms with van der Waals surface area (Å²) in [5.41, 5.74) is 0. The van der Waals surface area contributed by atoms with E-state index >= 15 is 0 Å². The maximum absolute atomic E-state index is 10.3. The van der Waals surface area contributed by atoms with Gasteiger partial charge in [-0.25, -0.2) is 0 Å². The molecule has 60 valence electrons. The van der Waals surface area contributed by atoms with Crippen molar-refractivity contribution >= 4 is 11.9 Å². The third-order valence-corrected chi connectivity index (χ3v) is 0.744. The summed E-state index contributed by atoms with van der Waals surface area (Å²) >= 11 is 0. The molecule has 0 aliphatic heterocycles. The van der Waals surface area contributed by atoms with Crippen LogP contribution in [0.1, 0.15) is 6.42 Å². The van der Waals surface area contributed by atoms with Gasteiger partial charge in [0.25, 0.3) is 0 Å². The van der Waals surface area contributed by atoms with E-state index in [4.69, 9.17) is 0 Å². The summed E-state index contributed by atoms with van der Waals surface area (Å²) in [6.07, 6.45) is -0.312. The van der Waals surface area contributed by atoms with Crippen LogP contribution >= 0.6 is 0 Å². The van der Waals surface area contributed by atoms with Gasteiger partial charge >= 0.3 is 41.5 Å². The number of carbonyl (C=O) groups is 2. The first-order valence-corrected chi connectivity index (χ1v) is 2.34. The Morgan fingerprint density at radius 2 is 1.36 bits per heavy atom. The smallest absolute Gasteiger partial charge is 0.469 e. The Bertz CT molecular complexity index is 110. The van der Waals surface area contributed by atoms with Gasteiger partial charge in [-0.05, 0) is 0 Å². The average Bonchev–Trinajstić information content (AvgIpc) is 1.87. The van der Waals surface area contributed by atoms with E-state index in [1.54, 1.807) is 0 Å². The van der Waals surface area contributed by atoms with E-state index < -0.39 is 11.9 Å². The van der Waals surface area contributed by atoms with Crippen molar-refractivity contribution in [3.63, 3.8) is 0 Å². The Labute approximate surface area is 88.5 Å². The van der Waals surface area contributed by atoms with Gasteiger partial charge in [-0.15, -0.1) is 0 Å². The van der Waals surface area contributed by atoms with Gasteiger partial charge in [-0.2, -0.15) is 0 Å². The van der Waals surface area contributed by atoms with Crippen molar-refractivity contribution < 1.29 is 48.6 Å². The summed E-state index contributed by atoms with van der Waals surface area (Å²) in [6.45, 7) is 0. The molecule has 0 aromatic rings. The number of carbonyl (C=O) groups excluding carboxylic acids is 2. The van der Waals surface area contributed by atoms with Crippen molar-refractivity contribution in [1.29, 1.82) is 0 Å². The molecule has 0 aromatic carbocycles. The van der Waals surface area contributed by atoms with Gasteiger partial charge in [0.05, 0.1) is 14.2 Å². The van der Waals surface area contributed by atoms with Crippen LogP contribution in [0, 0.1) is 7.43 Å². The quantitative estimate of drug-likeness (QED) is 0.194. The van der Waals surface area contributed by atoms with Crippen molar-refractivity contribution in [1.82, 2.24) is 0 Å². The normalized spacial score (nSPS) is 6.73. The predicted molar refractivity (Wildman–Crippen MR) is 35.1 cm³/mol. The van der Waals surface area contributed by atoms with E-state index in [1.165, 1.54) is 14.2 Å². The zero-order valence-electron chi connectivity index (χ0n) is 7.34.